The van der Waals surface area contributed by atoms with Crippen molar-refractivity contribution in [3.63, 3.8) is 0 Å². The Hall–Kier alpha value is -2.56. The molecule has 7 heteroatoms. The van der Waals surface area contributed by atoms with Crippen LogP contribution in [-0.2, 0) is 16.5 Å². The van der Waals surface area contributed by atoms with Crippen molar-refractivity contribution in [2.75, 3.05) is 38.4 Å². The Kier molecular flexibility index (Phi) is 4.54. The summed E-state index contributed by atoms with van der Waals surface area (Å²) in [6, 6.07) is 2.20. The molecule has 2 saturated heterocycles. The molecule has 0 N–H and O–H groups in total. The van der Waals surface area contributed by atoms with Gasteiger partial charge in [-0.15, -0.1) is 0 Å². The van der Waals surface area contributed by atoms with Crippen LogP contribution in [0, 0.1) is 18.8 Å². The van der Waals surface area contributed by atoms with Gasteiger partial charge in [-0.2, -0.15) is 5.10 Å². The lowest BCUT2D eigenvalue weighted by Crippen LogP contribution is -2.68. The first-order valence-electron chi connectivity index (χ1n) is 9.07. The van der Waals surface area contributed by atoms with Gasteiger partial charge in [0.05, 0.1) is 33.0 Å². The van der Waals surface area contributed by atoms with Gasteiger partial charge in [-0.05, 0) is 25.8 Å². The van der Waals surface area contributed by atoms with E-state index in [9.17, 15) is 0 Å². The second kappa shape index (κ2) is 6.87. The van der Waals surface area contributed by atoms with E-state index in [1.54, 1.807) is 18.0 Å². The van der Waals surface area contributed by atoms with E-state index in [4.69, 9.17) is 14.2 Å². The van der Waals surface area contributed by atoms with Gasteiger partial charge in [-0.25, -0.2) is 4.98 Å². The number of methoxy groups -OCH3 is 1. The SMILES string of the molecule is COc1ncc(C#Cc2nn(C)cc2C)cc1N1CCOC2(COC2)C1C. The van der Waals surface area contributed by atoms with Gasteiger partial charge in [0.15, 0.2) is 0 Å². The Labute approximate surface area is 159 Å². The molecule has 0 radical (unpaired) electrons. The molecule has 2 aliphatic rings. The highest BCUT2D eigenvalue weighted by molar-refractivity contribution is 5.60. The minimum atomic E-state index is -0.240. The molecule has 2 aromatic heterocycles. The number of aryl methyl sites for hydroxylation is 2. The average molecular weight is 368 g/mol. The first-order valence-corrected chi connectivity index (χ1v) is 9.07. The fraction of sp³-hybridized carbons (Fsp3) is 0.500. The summed E-state index contributed by atoms with van der Waals surface area (Å²) in [5, 5.41) is 4.38. The normalized spacial score (nSPS) is 20.7. The van der Waals surface area contributed by atoms with Gasteiger partial charge in [0.2, 0.25) is 5.88 Å². The van der Waals surface area contributed by atoms with E-state index in [0.29, 0.717) is 25.7 Å². The summed E-state index contributed by atoms with van der Waals surface area (Å²) in [4.78, 5) is 6.76. The van der Waals surface area contributed by atoms with E-state index >= 15 is 0 Å². The zero-order valence-corrected chi connectivity index (χ0v) is 16.2. The average Bonchev–Trinajstić information content (AvgIpc) is 2.96. The molecule has 27 heavy (non-hydrogen) atoms. The highest BCUT2D eigenvalue weighted by atomic mass is 16.6. The smallest absolute Gasteiger partial charge is 0.237 e. The molecule has 0 bridgehead atoms. The Balaban J connectivity index is 1.66. The Morgan fingerprint density at radius 3 is 2.78 bits per heavy atom. The van der Waals surface area contributed by atoms with Crippen molar-refractivity contribution >= 4 is 5.69 Å². The number of aromatic nitrogens is 3. The first kappa shape index (κ1) is 17.8. The van der Waals surface area contributed by atoms with Gasteiger partial charge in [0, 0.05) is 37.1 Å². The molecule has 4 rings (SSSR count). The topological polar surface area (TPSA) is 61.6 Å². The summed E-state index contributed by atoms with van der Waals surface area (Å²) in [5.41, 5.74) is 3.36. The maximum atomic E-state index is 6.02. The van der Waals surface area contributed by atoms with Crippen LogP contribution in [-0.4, -0.2) is 59.9 Å². The van der Waals surface area contributed by atoms with E-state index in [1.807, 2.05) is 26.2 Å². The number of ether oxygens (including phenoxy) is 3. The fourth-order valence-electron chi connectivity index (χ4n) is 3.64. The molecule has 0 aromatic carbocycles. The highest BCUT2D eigenvalue weighted by Gasteiger charge is 2.50. The molecule has 4 heterocycles. The molecule has 2 fully saturated rings. The lowest BCUT2D eigenvalue weighted by molar-refractivity contribution is -0.228. The largest absolute Gasteiger partial charge is 0.480 e. The van der Waals surface area contributed by atoms with Crippen LogP contribution in [0.3, 0.4) is 0 Å². The molecule has 0 saturated carbocycles. The first-order chi connectivity index (χ1) is 13.0. The summed E-state index contributed by atoms with van der Waals surface area (Å²) in [5.74, 6) is 6.92. The number of hydrogen-bond acceptors (Lipinski definition) is 6. The molecular formula is C20H24N4O3. The van der Waals surface area contributed by atoms with E-state index < -0.39 is 0 Å². The van der Waals surface area contributed by atoms with Gasteiger partial charge in [0.1, 0.15) is 17.0 Å². The molecule has 1 atom stereocenters. The zero-order chi connectivity index (χ0) is 19.0. The van der Waals surface area contributed by atoms with Crippen molar-refractivity contribution < 1.29 is 14.2 Å². The fourth-order valence-corrected chi connectivity index (χ4v) is 3.64. The van der Waals surface area contributed by atoms with Crippen molar-refractivity contribution in [1.82, 2.24) is 14.8 Å². The van der Waals surface area contributed by atoms with Crippen LogP contribution in [0.4, 0.5) is 5.69 Å². The van der Waals surface area contributed by atoms with Crippen LogP contribution >= 0.6 is 0 Å². The summed E-state index contributed by atoms with van der Waals surface area (Å²) in [7, 11) is 3.53. The number of rotatable bonds is 2. The van der Waals surface area contributed by atoms with Crippen LogP contribution in [0.5, 0.6) is 5.88 Å². The van der Waals surface area contributed by atoms with E-state index in [2.05, 4.69) is 33.7 Å². The van der Waals surface area contributed by atoms with Crippen molar-refractivity contribution in [2.24, 2.45) is 7.05 Å². The van der Waals surface area contributed by atoms with E-state index in [0.717, 1.165) is 29.1 Å². The van der Waals surface area contributed by atoms with Crippen molar-refractivity contribution in [3.8, 4) is 17.7 Å². The number of hydrogen-bond donors (Lipinski definition) is 0. The standard InChI is InChI=1S/C20H24N4O3/c1-14-11-23(3)22-17(14)6-5-16-9-18(19(25-4)21-10-16)24-7-8-27-20(15(24)2)12-26-13-20/h9-11,15H,7-8,12-13H2,1-4H3. The van der Waals surface area contributed by atoms with E-state index in [1.165, 1.54) is 0 Å². The predicted molar refractivity (Wildman–Crippen MR) is 101 cm³/mol. The third-order valence-corrected chi connectivity index (χ3v) is 5.32. The summed E-state index contributed by atoms with van der Waals surface area (Å²) in [6.07, 6.45) is 3.69. The molecule has 2 aromatic rings. The molecule has 1 spiro atoms. The third-order valence-electron chi connectivity index (χ3n) is 5.32. The second-order valence-electron chi connectivity index (χ2n) is 7.11. The van der Waals surface area contributed by atoms with Gasteiger partial charge in [-0.3, -0.25) is 4.68 Å². The Morgan fingerprint density at radius 1 is 1.33 bits per heavy atom. The molecule has 2 aliphatic heterocycles. The molecule has 0 aliphatic carbocycles. The lowest BCUT2D eigenvalue weighted by Gasteiger charge is -2.53. The van der Waals surface area contributed by atoms with Crippen LogP contribution in [0.25, 0.3) is 0 Å². The van der Waals surface area contributed by atoms with Gasteiger partial charge >= 0.3 is 0 Å². The number of morpholine rings is 1. The van der Waals surface area contributed by atoms with Crippen molar-refractivity contribution in [2.45, 2.75) is 25.5 Å². The summed E-state index contributed by atoms with van der Waals surface area (Å²) < 4.78 is 18.7. The van der Waals surface area contributed by atoms with Gasteiger partial charge < -0.3 is 19.1 Å². The minimum Gasteiger partial charge on any atom is -0.480 e. The molecule has 0 amide bonds. The summed E-state index contributed by atoms with van der Waals surface area (Å²) >= 11 is 0. The number of anilines is 1. The Morgan fingerprint density at radius 2 is 2.15 bits per heavy atom. The second-order valence-corrected chi connectivity index (χ2v) is 7.11. The maximum absolute atomic E-state index is 6.02. The quantitative estimate of drug-likeness (QED) is 0.749. The maximum Gasteiger partial charge on any atom is 0.237 e. The van der Waals surface area contributed by atoms with Crippen LogP contribution in [0.1, 0.15) is 23.7 Å². The van der Waals surface area contributed by atoms with Gasteiger partial charge in [0.25, 0.3) is 0 Å². The van der Waals surface area contributed by atoms with Gasteiger partial charge in [-0.1, -0.05) is 5.92 Å². The molecule has 142 valence electrons. The third kappa shape index (κ3) is 3.15. The predicted octanol–water partition coefficient (Wildman–Crippen LogP) is 1.53. The van der Waals surface area contributed by atoms with Crippen LogP contribution in [0.15, 0.2) is 18.5 Å². The molecular weight excluding hydrogens is 344 g/mol. The number of pyridine rings is 1. The van der Waals surface area contributed by atoms with E-state index in [-0.39, 0.29) is 11.6 Å². The Bertz CT molecular complexity index is 908. The van der Waals surface area contributed by atoms with Crippen molar-refractivity contribution in [1.29, 1.82) is 0 Å². The summed E-state index contributed by atoms with van der Waals surface area (Å²) in [6.45, 7) is 6.84. The zero-order valence-electron chi connectivity index (χ0n) is 16.2. The monoisotopic (exact) mass is 368 g/mol. The minimum absolute atomic E-state index is 0.164. The van der Waals surface area contributed by atoms with Crippen molar-refractivity contribution in [3.05, 3.63) is 35.3 Å². The highest BCUT2D eigenvalue weighted by Crippen LogP contribution is 2.38. The van der Waals surface area contributed by atoms with Crippen LogP contribution in [0.2, 0.25) is 0 Å². The molecule has 7 nitrogen and oxygen atoms in total. The van der Waals surface area contributed by atoms with Crippen LogP contribution < -0.4 is 9.64 Å². The lowest BCUT2D eigenvalue weighted by atomic mass is 9.90. The molecule has 1 unspecified atom stereocenters. The number of nitrogens with zero attached hydrogens (tertiary/aromatic N) is 4.